The number of amides is 2. The van der Waals surface area contributed by atoms with Gasteiger partial charge in [-0.3, -0.25) is 9.88 Å². The normalized spacial score (nSPS) is 15.2. The zero-order valence-corrected chi connectivity index (χ0v) is 14.6. The highest BCUT2D eigenvalue weighted by Gasteiger charge is 2.21. The maximum Gasteiger partial charge on any atom is 0.321 e. The maximum atomic E-state index is 12.7. The molecule has 0 bridgehead atoms. The van der Waals surface area contributed by atoms with Gasteiger partial charge < -0.3 is 10.2 Å². The number of piperazine rings is 1. The van der Waals surface area contributed by atoms with Crippen molar-refractivity contribution in [2.75, 3.05) is 31.5 Å². The van der Waals surface area contributed by atoms with Gasteiger partial charge in [-0.2, -0.15) is 0 Å². The fourth-order valence-electron chi connectivity index (χ4n) is 3.39. The van der Waals surface area contributed by atoms with E-state index in [0.717, 1.165) is 49.2 Å². The Bertz CT molecular complexity index is 883. The lowest BCUT2D eigenvalue weighted by atomic mass is 10.1. The molecule has 2 amide bonds. The summed E-state index contributed by atoms with van der Waals surface area (Å²) in [6.07, 6.45) is 3.69. The molecular formula is C21H22N4O. The summed E-state index contributed by atoms with van der Waals surface area (Å²) >= 11 is 0. The number of rotatable bonds is 3. The van der Waals surface area contributed by atoms with E-state index in [1.54, 1.807) is 6.20 Å². The van der Waals surface area contributed by atoms with Crippen LogP contribution in [0.25, 0.3) is 10.8 Å². The molecule has 1 N–H and O–H groups in total. The summed E-state index contributed by atoms with van der Waals surface area (Å²) in [5, 5.41) is 5.28. The summed E-state index contributed by atoms with van der Waals surface area (Å²) < 4.78 is 0. The second kappa shape index (κ2) is 7.54. The molecule has 1 aliphatic heterocycles. The molecule has 3 aromatic rings. The van der Waals surface area contributed by atoms with E-state index in [1.165, 1.54) is 5.56 Å². The lowest BCUT2D eigenvalue weighted by Crippen LogP contribution is -2.49. The van der Waals surface area contributed by atoms with Crippen LogP contribution in [-0.4, -0.2) is 47.0 Å². The second-order valence-electron chi connectivity index (χ2n) is 6.58. The van der Waals surface area contributed by atoms with Gasteiger partial charge in [-0.05, 0) is 23.1 Å². The van der Waals surface area contributed by atoms with E-state index < -0.39 is 0 Å². The molecule has 5 heteroatoms. The van der Waals surface area contributed by atoms with Gasteiger partial charge in [-0.1, -0.05) is 42.5 Å². The predicted octanol–water partition coefficient (Wildman–Crippen LogP) is 3.58. The van der Waals surface area contributed by atoms with Crippen LogP contribution < -0.4 is 5.32 Å². The molecule has 4 rings (SSSR count). The molecule has 132 valence electrons. The van der Waals surface area contributed by atoms with Gasteiger partial charge in [-0.25, -0.2) is 4.79 Å². The lowest BCUT2D eigenvalue weighted by Gasteiger charge is -2.34. The third-order valence-corrected chi connectivity index (χ3v) is 4.82. The summed E-state index contributed by atoms with van der Waals surface area (Å²) in [5.74, 6) is 0. The van der Waals surface area contributed by atoms with Crippen molar-refractivity contribution in [1.82, 2.24) is 14.8 Å². The van der Waals surface area contributed by atoms with E-state index in [0.29, 0.717) is 0 Å². The number of fused-ring (bicyclic) bond motifs is 1. The van der Waals surface area contributed by atoms with Crippen LogP contribution in [0.3, 0.4) is 0 Å². The molecule has 1 aliphatic rings. The molecule has 1 saturated heterocycles. The molecule has 1 aromatic heterocycles. The van der Waals surface area contributed by atoms with E-state index in [2.05, 4.69) is 33.4 Å². The number of hydrogen-bond acceptors (Lipinski definition) is 3. The number of urea groups is 1. The Morgan fingerprint density at radius 3 is 2.58 bits per heavy atom. The van der Waals surface area contributed by atoms with Crippen LogP contribution >= 0.6 is 0 Å². The van der Waals surface area contributed by atoms with Gasteiger partial charge in [0, 0.05) is 50.5 Å². The fraction of sp³-hybridized carbons (Fsp3) is 0.238. The molecule has 0 aliphatic carbocycles. The van der Waals surface area contributed by atoms with Crippen molar-refractivity contribution in [2.45, 2.75) is 6.54 Å². The minimum atomic E-state index is -0.0256. The zero-order valence-electron chi connectivity index (χ0n) is 14.6. The quantitative estimate of drug-likeness (QED) is 0.788. The maximum absolute atomic E-state index is 12.7. The first-order valence-electron chi connectivity index (χ1n) is 8.94. The molecule has 0 saturated carbocycles. The van der Waals surface area contributed by atoms with Crippen molar-refractivity contribution in [3.63, 3.8) is 0 Å². The number of carbonyl (C=O) groups is 1. The van der Waals surface area contributed by atoms with Gasteiger partial charge in [0.15, 0.2) is 0 Å². The van der Waals surface area contributed by atoms with Gasteiger partial charge >= 0.3 is 6.03 Å². The minimum Gasteiger partial charge on any atom is -0.322 e. The van der Waals surface area contributed by atoms with Gasteiger partial charge in [0.2, 0.25) is 0 Å². The molecule has 0 atom stereocenters. The third-order valence-electron chi connectivity index (χ3n) is 4.82. The number of anilines is 1. The topological polar surface area (TPSA) is 48.5 Å². The number of nitrogens with one attached hydrogen (secondary N) is 1. The van der Waals surface area contributed by atoms with Crippen molar-refractivity contribution >= 4 is 22.5 Å². The number of nitrogens with zero attached hydrogens (tertiary/aromatic N) is 3. The minimum absolute atomic E-state index is 0.0256. The Morgan fingerprint density at radius 1 is 0.962 bits per heavy atom. The van der Waals surface area contributed by atoms with E-state index in [-0.39, 0.29) is 6.03 Å². The van der Waals surface area contributed by atoms with Crippen LogP contribution in [-0.2, 0) is 6.54 Å². The fourth-order valence-corrected chi connectivity index (χ4v) is 3.39. The highest BCUT2D eigenvalue weighted by atomic mass is 16.2. The first-order chi connectivity index (χ1) is 12.8. The van der Waals surface area contributed by atoms with Crippen molar-refractivity contribution in [3.05, 3.63) is 72.6 Å². The Hall–Kier alpha value is -2.92. The molecule has 0 unspecified atom stereocenters. The van der Waals surface area contributed by atoms with Crippen LogP contribution in [0.15, 0.2) is 67.0 Å². The third kappa shape index (κ3) is 3.68. The summed E-state index contributed by atoms with van der Waals surface area (Å²) in [6, 6.07) is 18.1. The molecule has 1 fully saturated rings. The Balaban J connectivity index is 1.36. The predicted molar refractivity (Wildman–Crippen MR) is 104 cm³/mol. The average molecular weight is 346 g/mol. The molecule has 2 heterocycles. The number of aromatic nitrogens is 1. The zero-order chi connectivity index (χ0) is 17.8. The smallest absolute Gasteiger partial charge is 0.321 e. The Labute approximate surface area is 153 Å². The number of carbonyl (C=O) groups excluding carboxylic acids is 1. The van der Waals surface area contributed by atoms with Crippen molar-refractivity contribution in [3.8, 4) is 0 Å². The summed E-state index contributed by atoms with van der Waals surface area (Å²) in [6.45, 7) is 4.09. The SMILES string of the molecule is O=C(Nc1cccc2ccccc12)N1CCN(Cc2cccnc2)CC1. The second-order valence-corrected chi connectivity index (χ2v) is 6.58. The number of pyridine rings is 1. The molecular weight excluding hydrogens is 324 g/mol. The standard InChI is InChI=1S/C21H22N4O/c26-21(23-20-9-3-7-18-6-1-2-8-19(18)20)25-13-11-24(12-14-25)16-17-5-4-10-22-15-17/h1-10,15H,11-14,16H2,(H,23,26). The number of benzene rings is 2. The van der Waals surface area contributed by atoms with Gasteiger partial charge in [0.05, 0.1) is 5.69 Å². The first kappa shape index (κ1) is 16.5. The monoisotopic (exact) mass is 346 g/mol. The highest BCUT2D eigenvalue weighted by Crippen LogP contribution is 2.23. The van der Waals surface area contributed by atoms with E-state index >= 15 is 0 Å². The van der Waals surface area contributed by atoms with Gasteiger partial charge in [0.1, 0.15) is 0 Å². The van der Waals surface area contributed by atoms with Crippen molar-refractivity contribution < 1.29 is 4.79 Å². The highest BCUT2D eigenvalue weighted by molar-refractivity contribution is 6.01. The van der Waals surface area contributed by atoms with Crippen molar-refractivity contribution in [1.29, 1.82) is 0 Å². The molecule has 0 spiro atoms. The Kier molecular flexibility index (Phi) is 4.80. The van der Waals surface area contributed by atoms with E-state index in [9.17, 15) is 4.79 Å². The Morgan fingerprint density at radius 2 is 1.77 bits per heavy atom. The molecule has 0 radical (unpaired) electrons. The van der Waals surface area contributed by atoms with Crippen LogP contribution in [0.4, 0.5) is 10.5 Å². The van der Waals surface area contributed by atoms with Crippen LogP contribution in [0.5, 0.6) is 0 Å². The summed E-state index contributed by atoms with van der Waals surface area (Å²) in [4.78, 5) is 21.1. The molecule has 26 heavy (non-hydrogen) atoms. The van der Waals surface area contributed by atoms with E-state index in [1.807, 2.05) is 47.5 Å². The van der Waals surface area contributed by atoms with E-state index in [4.69, 9.17) is 0 Å². The van der Waals surface area contributed by atoms with Crippen LogP contribution in [0.2, 0.25) is 0 Å². The molecule has 5 nitrogen and oxygen atoms in total. The lowest BCUT2D eigenvalue weighted by molar-refractivity contribution is 0.143. The number of hydrogen-bond donors (Lipinski definition) is 1. The largest absolute Gasteiger partial charge is 0.322 e. The molecule has 2 aromatic carbocycles. The van der Waals surface area contributed by atoms with Gasteiger partial charge in [0.25, 0.3) is 0 Å². The van der Waals surface area contributed by atoms with Gasteiger partial charge in [-0.15, -0.1) is 0 Å². The van der Waals surface area contributed by atoms with Crippen molar-refractivity contribution in [2.24, 2.45) is 0 Å². The summed E-state index contributed by atoms with van der Waals surface area (Å²) in [7, 11) is 0. The first-order valence-corrected chi connectivity index (χ1v) is 8.94. The average Bonchev–Trinajstić information content (AvgIpc) is 2.70. The summed E-state index contributed by atoms with van der Waals surface area (Å²) in [5.41, 5.74) is 2.08. The van der Waals surface area contributed by atoms with Crippen LogP contribution in [0, 0.1) is 0 Å². The van der Waals surface area contributed by atoms with Crippen LogP contribution in [0.1, 0.15) is 5.56 Å².